The fraction of sp³-hybridized carbons (Fsp3) is 0.118. The van der Waals surface area contributed by atoms with Gasteiger partial charge in [-0.1, -0.05) is 12.1 Å². The monoisotopic (exact) mass is 846 g/mol. The quantitative estimate of drug-likeness (QED) is 0.0980. The molecule has 4 aromatic carbocycles. The zero-order chi connectivity index (χ0) is 41.9. The maximum atomic E-state index is 13.2. The van der Waals surface area contributed by atoms with Gasteiger partial charge in [0.05, 0.1) is 35.4 Å². The highest BCUT2D eigenvalue weighted by Crippen LogP contribution is 2.36. The molecule has 0 saturated heterocycles. The van der Waals surface area contributed by atoms with Gasteiger partial charge in [-0.05, 0) is 97.1 Å². The third-order valence-electron chi connectivity index (χ3n) is 7.58. The van der Waals surface area contributed by atoms with Gasteiger partial charge < -0.3 is 14.0 Å². The van der Waals surface area contributed by atoms with Crippen molar-refractivity contribution >= 4 is 32.9 Å². The molecule has 0 spiro atoms. The van der Waals surface area contributed by atoms with E-state index in [-0.39, 0.29) is 34.0 Å². The number of halogens is 9. The van der Waals surface area contributed by atoms with Crippen molar-refractivity contribution in [2.24, 2.45) is 5.14 Å². The summed E-state index contributed by atoms with van der Waals surface area (Å²) in [4.78, 5) is 0. The smallest absolute Gasteiger partial charge is 0.435 e. The van der Waals surface area contributed by atoms with E-state index in [9.17, 15) is 56.7 Å². The van der Waals surface area contributed by atoms with Crippen LogP contribution in [0.25, 0.3) is 33.9 Å². The van der Waals surface area contributed by atoms with E-state index in [1.807, 2.05) is 4.72 Å². The highest BCUT2D eigenvalue weighted by Gasteiger charge is 2.37. The minimum absolute atomic E-state index is 0.0560. The number of nitrogens with one attached hydrogen (secondary N) is 2. The van der Waals surface area contributed by atoms with Crippen LogP contribution in [0.1, 0.15) is 17.0 Å². The fourth-order valence-corrected chi connectivity index (χ4v) is 5.83. The SMILES string of the molecule is COc1ccc(-c2cc(C(F)(F)F)nn2-c2ccc(NS(=O)[O-])cc2)cc1.NS(=O)(=O)Nc1ccc(-n2nc(C(F)(F)F)cc2-c2ccc(C(F)(F)F)cc2)cc1. The molecule has 4 N–H and O–H groups in total. The summed E-state index contributed by atoms with van der Waals surface area (Å²) in [6, 6.07) is 22.6. The lowest BCUT2D eigenvalue weighted by atomic mass is 10.1. The van der Waals surface area contributed by atoms with Crippen LogP contribution in [-0.4, -0.2) is 43.9 Å². The summed E-state index contributed by atoms with van der Waals surface area (Å²) in [7, 11) is -2.56. The lowest BCUT2D eigenvalue weighted by molar-refractivity contribution is -0.142. The number of methoxy groups -OCH3 is 1. The van der Waals surface area contributed by atoms with E-state index >= 15 is 0 Å². The number of ether oxygens (including phenoxy) is 1. The minimum atomic E-state index is -4.79. The van der Waals surface area contributed by atoms with Gasteiger partial charge in [-0.3, -0.25) is 8.93 Å². The van der Waals surface area contributed by atoms with Gasteiger partial charge in [0.1, 0.15) is 5.75 Å². The van der Waals surface area contributed by atoms with Crippen molar-refractivity contribution < 1.29 is 61.4 Å². The molecule has 12 nitrogen and oxygen atoms in total. The van der Waals surface area contributed by atoms with Gasteiger partial charge in [0.2, 0.25) is 0 Å². The topological polar surface area (TPSA) is 169 Å². The molecule has 1 atom stereocenters. The molecule has 23 heteroatoms. The van der Waals surface area contributed by atoms with Crippen LogP contribution < -0.4 is 19.3 Å². The molecule has 6 rings (SSSR count). The van der Waals surface area contributed by atoms with Crippen molar-refractivity contribution in [2.45, 2.75) is 18.5 Å². The number of rotatable bonds is 9. The number of benzene rings is 4. The Morgan fingerprint density at radius 1 is 0.649 bits per heavy atom. The molecule has 0 fully saturated rings. The van der Waals surface area contributed by atoms with Crippen molar-refractivity contribution in [1.29, 1.82) is 0 Å². The first-order valence-electron chi connectivity index (χ1n) is 15.6. The van der Waals surface area contributed by atoms with Crippen LogP contribution in [0.2, 0.25) is 0 Å². The summed E-state index contributed by atoms with van der Waals surface area (Å²) in [5.74, 6) is 0.571. The minimum Gasteiger partial charge on any atom is -0.755 e. The molecule has 2 aromatic heterocycles. The Balaban J connectivity index is 0.000000219. The summed E-state index contributed by atoms with van der Waals surface area (Å²) in [5, 5.41) is 12.0. The highest BCUT2D eigenvalue weighted by molar-refractivity contribution is 7.90. The van der Waals surface area contributed by atoms with E-state index < -0.39 is 57.0 Å². The summed E-state index contributed by atoms with van der Waals surface area (Å²) in [6.45, 7) is 0. The molecule has 0 saturated carbocycles. The van der Waals surface area contributed by atoms with Gasteiger partial charge in [0.15, 0.2) is 11.4 Å². The van der Waals surface area contributed by atoms with Gasteiger partial charge in [0, 0.05) is 33.8 Å². The van der Waals surface area contributed by atoms with Gasteiger partial charge in [0.25, 0.3) is 10.2 Å². The van der Waals surface area contributed by atoms with Crippen LogP contribution in [0.15, 0.2) is 109 Å². The van der Waals surface area contributed by atoms with Crippen LogP contribution in [0.3, 0.4) is 0 Å². The summed E-state index contributed by atoms with van der Waals surface area (Å²) < 4.78 is 172. The first kappa shape index (κ1) is 42.2. The van der Waals surface area contributed by atoms with Crippen molar-refractivity contribution in [3.05, 3.63) is 126 Å². The van der Waals surface area contributed by atoms with E-state index in [2.05, 4.69) is 14.9 Å². The van der Waals surface area contributed by atoms with E-state index in [0.29, 0.717) is 23.1 Å². The Morgan fingerprint density at radius 2 is 1.05 bits per heavy atom. The normalized spacial score (nSPS) is 12.7. The van der Waals surface area contributed by atoms with Crippen LogP contribution in [-0.2, 0) is 40.0 Å². The average Bonchev–Trinajstić information content (AvgIpc) is 3.78. The predicted molar refractivity (Wildman–Crippen MR) is 189 cm³/mol. The number of alkyl halides is 9. The van der Waals surface area contributed by atoms with Crippen LogP contribution >= 0.6 is 0 Å². The fourth-order valence-electron chi connectivity index (χ4n) is 5.04. The largest absolute Gasteiger partial charge is 0.755 e. The zero-order valence-electron chi connectivity index (χ0n) is 28.5. The Morgan fingerprint density at radius 3 is 1.40 bits per heavy atom. The molecule has 2 heterocycles. The Kier molecular flexibility index (Phi) is 12.1. The molecule has 57 heavy (non-hydrogen) atoms. The predicted octanol–water partition coefficient (Wildman–Crippen LogP) is 7.97. The van der Waals surface area contributed by atoms with Crippen molar-refractivity contribution in [3.63, 3.8) is 0 Å². The lowest BCUT2D eigenvalue weighted by Crippen LogP contribution is -2.21. The second kappa shape index (κ2) is 16.3. The molecule has 6 aromatic rings. The van der Waals surface area contributed by atoms with Crippen molar-refractivity contribution in [2.75, 3.05) is 16.6 Å². The molecule has 0 amide bonds. The van der Waals surface area contributed by atoms with E-state index in [0.717, 1.165) is 39.7 Å². The molecule has 1 unspecified atom stereocenters. The van der Waals surface area contributed by atoms with Crippen LogP contribution in [0.4, 0.5) is 50.9 Å². The Hall–Kier alpha value is -5.91. The molecule has 302 valence electrons. The molecular formula is C34H25F9N7O5S2-. The zero-order valence-corrected chi connectivity index (χ0v) is 30.2. The third-order valence-corrected chi connectivity index (χ3v) is 8.50. The second-order valence-corrected chi connectivity index (χ2v) is 13.5. The van der Waals surface area contributed by atoms with E-state index in [1.165, 1.54) is 55.6 Å². The standard InChI is InChI=1S/C17H12F6N4O2S.C17H14F3N3O3S/c18-16(19,20)11-3-1-10(2-4-11)14-9-15(17(21,22)23)25-27(14)13-7-5-12(6-8-13)26-30(24,28)29;1-26-14-8-2-11(3-9-14)15-10-16(17(18,19)20)21-23(15)13-6-4-12(5-7-13)22-27(24)25/h1-9,26H,(H2,24,28,29);2-10,22H,1H3,(H,24,25)/p-1. The number of anilines is 2. The molecule has 0 aliphatic rings. The number of nitrogens with zero attached hydrogens (tertiary/aromatic N) is 4. The molecular weight excluding hydrogens is 822 g/mol. The highest BCUT2D eigenvalue weighted by atomic mass is 32.2. The first-order valence-corrected chi connectivity index (χ1v) is 18.2. The molecule has 0 bridgehead atoms. The van der Waals surface area contributed by atoms with E-state index in [4.69, 9.17) is 9.88 Å². The summed E-state index contributed by atoms with van der Waals surface area (Å²) in [6.07, 6.45) is -14.0. The van der Waals surface area contributed by atoms with Gasteiger partial charge in [-0.2, -0.15) is 58.1 Å². The van der Waals surface area contributed by atoms with Gasteiger partial charge in [-0.25, -0.2) is 14.5 Å². The molecule has 0 aliphatic heterocycles. The van der Waals surface area contributed by atoms with E-state index in [1.54, 1.807) is 24.3 Å². The molecule has 0 aliphatic carbocycles. The maximum Gasteiger partial charge on any atom is 0.435 e. The number of aromatic nitrogens is 4. The third kappa shape index (κ3) is 10.9. The summed E-state index contributed by atoms with van der Waals surface area (Å²) >= 11 is -2.50. The summed E-state index contributed by atoms with van der Waals surface area (Å²) in [5.41, 5.74) is -1.73. The number of hydrogen-bond donors (Lipinski definition) is 3. The second-order valence-electron chi connectivity index (χ2n) is 11.5. The van der Waals surface area contributed by atoms with Gasteiger partial charge in [-0.15, -0.1) is 0 Å². The Bertz CT molecular complexity index is 2450. The Labute approximate surface area is 319 Å². The van der Waals surface area contributed by atoms with Gasteiger partial charge >= 0.3 is 18.5 Å². The van der Waals surface area contributed by atoms with Crippen molar-refractivity contribution in [3.8, 4) is 39.6 Å². The average molecular weight is 847 g/mol. The van der Waals surface area contributed by atoms with Crippen LogP contribution in [0, 0.1) is 0 Å². The molecule has 0 radical (unpaired) electrons. The number of hydrogen-bond acceptors (Lipinski definition) is 7. The van der Waals surface area contributed by atoms with Crippen LogP contribution in [0.5, 0.6) is 5.75 Å². The maximum absolute atomic E-state index is 13.2. The van der Waals surface area contributed by atoms with Crippen molar-refractivity contribution in [1.82, 2.24) is 19.6 Å². The lowest BCUT2D eigenvalue weighted by Gasteiger charge is -2.11. The number of nitrogens with two attached hydrogens (primary N) is 1. The first-order chi connectivity index (χ1) is 26.5.